The summed E-state index contributed by atoms with van der Waals surface area (Å²) in [4.78, 5) is 13.7. The van der Waals surface area contributed by atoms with E-state index in [2.05, 4.69) is 10.4 Å². The lowest BCUT2D eigenvalue weighted by atomic mass is 10.3. The fourth-order valence-electron chi connectivity index (χ4n) is 2.31. The van der Waals surface area contributed by atoms with Gasteiger partial charge < -0.3 is 10.4 Å². The number of aromatic nitrogens is 2. The number of amides is 1. The molecule has 0 saturated heterocycles. The highest BCUT2D eigenvalue weighted by Gasteiger charge is 2.17. The minimum absolute atomic E-state index is 0.0628. The van der Waals surface area contributed by atoms with Crippen molar-refractivity contribution in [1.82, 2.24) is 15.1 Å². The number of carbonyl (C=O) groups is 1. The predicted molar refractivity (Wildman–Crippen MR) is 92.7 cm³/mol. The van der Waals surface area contributed by atoms with E-state index in [-0.39, 0.29) is 12.5 Å². The summed E-state index contributed by atoms with van der Waals surface area (Å²) in [5.41, 5.74) is 1.65. The van der Waals surface area contributed by atoms with Crippen LogP contribution in [0, 0.1) is 6.92 Å². The van der Waals surface area contributed by atoms with Gasteiger partial charge in [-0.05, 0) is 31.5 Å². The van der Waals surface area contributed by atoms with Crippen molar-refractivity contribution in [3.63, 3.8) is 0 Å². The van der Waals surface area contributed by atoms with Crippen LogP contribution in [0.5, 0.6) is 0 Å². The van der Waals surface area contributed by atoms with E-state index in [1.165, 1.54) is 11.3 Å². The number of halogens is 1. The van der Waals surface area contributed by atoms with Gasteiger partial charge in [0.15, 0.2) is 0 Å². The van der Waals surface area contributed by atoms with Gasteiger partial charge >= 0.3 is 0 Å². The SMILES string of the molecule is Cc1nn(-c2ccccc2Cl)c2sc(C(=O)NCCCO)cc12. The molecule has 0 fully saturated rings. The molecule has 0 aliphatic heterocycles. The number of aliphatic hydroxyl groups excluding tert-OH is 1. The molecule has 0 aliphatic carbocycles. The molecule has 1 amide bonds. The number of carbonyl (C=O) groups excluding carboxylic acids is 1. The lowest BCUT2D eigenvalue weighted by molar-refractivity contribution is 0.0955. The maximum absolute atomic E-state index is 12.2. The normalized spacial score (nSPS) is 11.1. The van der Waals surface area contributed by atoms with Crippen LogP contribution in [0.3, 0.4) is 0 Å². The van der Waals surface area contributed by atoms with Gasteiger partial charge in [-0.3, -0.25) is 4.79 Å². The molecule has 0 unspecified atom stereocenters. The minimum Gasteiger partial charge on any atom is -0.396 e. The fourth-order valence-corrected chi connectivity index (χ4v) is 3.62. The summed E-state index contributed by atoms with van der Waals surface area (Å²) in [6, 6.07) is 9.34. The van der Waals surface area contributed by atoms with E-state index in [9.17, 15) is 4.79 Å². The first-order valence-corrected chi connectivity index (χ1v) is 8.44. The highest BCUT2D eigenvalue weighted by Crippen LogP contribution is 2.32. The van der Waals surface area contributed by atoms with Crippen molar-refractivity contribution in [2.75, 3.05) is 13.2 Å². The number of aryl methyl sites for hydroxylation is 1. The van der Waals surface area contributed by atoms with Gasteiger partial charge in [0.05, 0.1) is 21.3 Å². The number of hydrogen-bond donors (Lipinski definition) is 2. The second-order valence-electron chi connectivity index (χ2n) is 5.11. The third-order valence-electron chi connectivity index (χ3n) is 3.47. The zero-order valence-electron chi connectivity index (χ0n) is 12.5. The second kappa shape index (κ2) is 6.70. The first kappa shape index (κ1) is 16.0. The molecule has 0 spiro atoms. The van der Waals surface area contributed by atoms with Crippen LogP contribution in [0.25, 0.3) is 15.9 Å². The fraction of sp³-hybridized carbons (Fsp3) is 0.250. The van der Waals surface area contributed by atoms with Crippen molar-refractivity contribution in [3.05, 3.63) is 45.9 Å². The molecule has 0 radical (unpaired) electrons. The molecule has 3 rings (SSSR count). The Morgan fingerprint density at radius 2 is 2.22 bits per heavy atom. The van der Waals surface area contributed by atoms with E-state index in [1.807, 2.05) is 37.3 Å². The Balaban J connectivity index is 1.99. The lowest BCUT2D eigenvalue weighted by Gasteiger charge is -2.04. The highest BCUT2D eigenvalue weighted by molar-refractivity contribution is 7.20. The topological polar surface area (TPSA) is 67.2 Å². The lowest BCUT2D eigenvalue weighted by Crippen LogP contribution is -2.24. The Morgan fingerprint density at radius 1 is 1.43 bits per heavy atom. The molecular formula is C16H16ClN3O2S. The number of aliphatic hydroxyl groups is 1. The molecule has 3 aromatic rings. The first-order chi connectivity index (χ1) is 11.1. The maximum atomic E-state index is 12.2. The molecule has 2 heterocycles. The first-order valence-electron chi connectivity index (χ1n) is 7.25. The molecule has 1 aromatic carbocycles. The van der Waals surface area contributed by atoms with Crippen LogP contribution in [-0.2, 0) is 0 Å². The van der Waals surface area contributed by atoms with Crippen LogP contribution in [0.1, 0.15) is 21.8 Å². The van der Waals surface area contributed by atoms with E-state index >= 15 is 0 Å². The Morgan fingerprint density at radius 3 is 2.96 bits per heavy atom. The van der Waals surface area contributed by atoms with Gasteiger partial charge in [-0.2, -0.15) is 5.10 Å². The van der Waals surface area contributed by atoms with E-state index in [0.29, 0.717) is 22.9 Å². The molecule has 0 bridgehead atoms. The van der Waals surface area contributed by atoms with Gasteiger partial charge in [0.2, 0.25) is 0 Å². The Kier molecular flexibility index (Phi) is 4.66. The average Bonchev–Trinajstić information content (AvgIpc) is 3.09. The number of nitrogens with one attached hydrogen (secondary N) is 1. The molecule has 5 nitrogen and oxygen atoms in total. The summed E-state index contributed by atoms with van der Waals surface area (Å²) in [5.74, 6) is -0.134. The summed E-state index contributed by atoms with van der Waals surface area (Å²) in [6.45, 7) is 2.43. The van der Waals surface area contributed by atoms with Crippen molar-refractivity contribution in [2.24, 2.45) is 0 Å². The van der Waals surface area contributed by atoms with Crippen LogP contribution in [0.2, 0.25) is 5.02 Å². The number of hydrogen-bond acceptors (Lipinski definition) is 4. The molecule has 2 aromatic heterocycles. The number of fused-ring (bicyclic) bond motifs is 1. The zero-order chi connectivity index (χ0) is 16.4. The number of para-hydroxylation sites is 1. The van der Waals surface area contributed by atoms with Crippen molar-refractivity contribution < 1.29 is 9.90 Å². The van der Waals surface area contributed by atoms with Crippen LogP contribution in [-0.4, -0.2) is 33.9 Å². The predicted octanol–water partition coefficient (Wildman–Crippen LogP) is 3.16. The van der Waals surface area contributed by atoms with Crippen molar-refractivity contribution in [1.29, 1.82) is 0 Å². The second-order valence-corrected chi connectivity index (χ2v) is 6.55. The number of benzene rings is 1. The van der Waals surface area contributed by atoms with Gasteiger partial charge in [-0.15, -0.1) is 11.3 Å². The van der Waals surface area contributed by atoms with Crippen molar-refractivity contribution in [2.45, 2.75) is 13.3 Å². The van der Waals surface area contributed by atoms with Crippen LogP contribution in [0.4, 0.5) is 0 Å². The highest BCUT2D eigenvalue weighted by atomic mass is 35.5. The smallest absolute Gasteiger partial charge is 0.261 e. The number of rotatable bonds is 5. The summed E-state index contributed by atoms with van der Waals surface area (Å²) in [6.07, 6.45) is 0.545. The molecule has 2 N–H and O–H groups in total. The summed E-state index contributed by atoms with van der Waals surface area (Å²) in [7, 11) is 0. The molecule has 120 valence electrons. The van der Waals surface area contributed by atoms with E-state index in [1.54, 1.807) is 4.68 Å². The van der Waals surface area contributed by atoms with E-state index in [0.717, 1.165) is 21.6 Å². The average molecular weight is 350 g/mol. The molecule has 7 heteroatoms. The van der Waals surface area contributed by atoms with Crippen molar-refractivity contribution >= 4 is 39.1 Å². The maximum Gasteiger partial charge on any atom is 0.261 e. The van der Waals surface area contributed by atoms with Crippen LogP contribution < -0.4 is 5.32 Å². The Labute approximate surface area is 142 Å². The number of nitrogens with zero attached hydrogens (tertiary/aromatic N) is 2. The summed E-state index contributed by atoms with van der Waals surface area (Å²) >= 11 is 7.64. The van der Waals surface area contributed by atoms with E-state index < -0.39 is 0 Å². The van der Waals surface area contributed by atoms with Gasteiger partial charge in [-0.1, -0.05) is 23.7 Å². The quantitative estimate of drug-likeness (QED) is 0.695. The zero-order valence-corrected chi connectivity index (χ0v) is 14.1. The third-order valence-corrected chi connectivity index (χ3v) is 4.90. The molecule has 0 saturated carbocycles. The monoisotopic (exact) mass is 349 g/mol. The Bertz CT molecular complexity index is 856. The summed E-state index contributed by atoms with van der Waals surface area (Å²) < 4.78 is 1.78. The van der Waals surface area contributed by atoms with Crippen LogP contribution in [0.15, 0.2) is 30.3 Å². The van der Waals surface area contributed by atoms with Gasteiger partial charge in [0, 0.05) is 18.5 Å². The van der Waals surface area contributed by atoms with Crippen molar-refractivity contribution in [3.8, 4) is 5.69 Å². The van der Waals surface area contributed by atoms with Gasteiger partial charge in [0.25, 0.3) is 5.91 Å². The summed E-state index contributed by atoms with van der Waals surface area (Å²) in [5, 5.41) is 17.7. The van der Waals surface area contributed by atoms with Gasteiger partial charge in [-0.25, -0.2) is 4.68 Å². The molecule has 0 aliphatic rings. The van der Waals surface area contributed by atoms with E-state index in [4.69, 9.17) is 16.7 Å². The molecule has 0 atom stereocenters. The molecular weight excluding hydrogens is 334 g/mol. The molecule has 23 heavy (non-hydrogen) atoms. The van der Waals surface area contributed by atoms with Crippen LogP contribution >= 0.6 is 22.9 Å². The largest absolute Gasteiger partial charge is 0.396 e. The minimum atomic E-state index is -0.134. The Hall–Kier alpha value is -1.89. The van der Waals surface area contributed by atoms with Gasteiger partial charge in [0.1, 0.15) is 4.83 Å². The number of thiophene rings is 1. The third kappa shape index (κ3) is 3.10. The standard InChI is InChI=1S/C16H16ClN3O2S/c1-10-11-9-14(15(22)18-7-4-8-21)23-16(11)20(19-10)13-6-3-2-5-12(13)17/h2-3,5-6,9,21H,4,7-8H2,1H3,(H,18,22).